The number of rotatable bonds is 4. The van der Waals surface area contributed by atoms with Gasteiger partial charge in [-0.1, -0.05) is 24.3 Å². The smallest absolute Gasteiger partial charge is 0.225 e. The Morgan fingerprint density at radius 1 is 1.00 bits per heavy atom. The van der Waals surface area contributed by atoms with Gasteiger partial charge in [0, 0.05) is 63.1 Å². The van der Waals surface area contributed by atoms with Gasteiger partial charge in [-0.2, -0.15) is 5.10 Å². The Morgan fingerprint density at radius 3 is 2.50 bits per heavy atom. The number of nitrogens with zero attached hydrogens (tertiary/aromatic N) is 4. The first-order valence-electron chi connectivity index (χ1n) is 13.3. The van der Waals surface area contributed by atoms with Gasteiger partial charge < -0.3 is 25.0 Å². The van der Waals surface area contributed by atoms with Crippen molar-refractivity contribution in [2.24, 2.45) is 5.92 Å². The van der Waals surface area contributed by atoms with Crippen molar-refractivity contribution in [2.45, 2.75) is 37.9 Å². The van der Waals surface area contributed by atoms with Crippen LogP contribution in [0.5, 0.6) is 0 Å². The molecule has 1 atom stereocenters. The fourth-order valence-corrected chi connectivity index (χ4v) is 5.84. The maximum Gasteiger partial charge on any atom is 0.225 e. The molecule has 0 spiro atoms. The molecule has 2 aliphatic heterocycles. The molecule has 2 N–H and O–H groups in total. The second-order valence-corrected chi connectivity index (χ2v) is 10.3. The largest absolute Gasteiger partial charge is 0.393 e. The lowest BCUT2D eigenvalue weighted by molar-refractivity contribution is -0.137. The molecule has 0 radical (unpaired) electrons. The van der Waals surface area contributed by atoms with Crippen LogP contribution in [0.4, 0.5) is 5.69 Å². The van der Waals surface area contributed by atoms with Crippen LogP contribution in [0.1, 0.15) is 37.4 Å². The van der Waals surface area contributed by atoms with Crippen molar-refractivity contribution in [1.82, 2.24) is 19.8 Å². The number of carbonyl (C=O) groups excluding carboxylic acids is 1. The summed E-state index contributed by atoms with van der Waals surface area (Å²) in [5, 5.41) is 17.7. The van der Waals surface area contributed by atoms with Gasteiger partial charge in [0.25, 0.3) is 0 Å². The molecule has 2 aromatic heterocycles. The Hall–Kier alpha value is -2.94. The van der Waals surface area contributed by atoms with E-state index in [4.69, 9.17) is 4.74 Å². The van der Waals surface area contributed by atoms with E-state index >= 15 is 0 Å². The van der Waals surface area contributed by atoms with Crippen molar-refractivity contribution in [2.75, 3.05) is 50.8 Å². The number of aromatic nitrogens is 2. The van der Waals surface area contributed by atoms with Crippen LogP contribution in [0.25, 0.3) is 16.6 Å². The number of piperazine rings is 1. The molecule has 3 aliphatic rings. The summed E-state index contributed by atoms with van der Waals surface area (Å²) in [6, 6.07) is 12.9. The Balaban J connectivity index is 1.15. The highest BCUT2D eigenvalue weighted by Gasteiger charge is 2.31. The first kappa shape index (κ1) is 23.5. The van der Waals surface area contributed by atoms with Crippen molar-refractivity contribution < 1.29 is 14.6 Å². The Morgan fingerprint density at radius 2 is 1.78 bits per heavy atom. The minimum atomic E-state index is -0.229. The van der Waals surface area contributed by atoms with E-state index < -0.39 is 0 Å². The topological polar surface area (TPSA) is 82.3 Å². The number of hydrogen-bond donors (Lipinski definition) is 2. The molecule has 1 aromatic carbocycles. The Labute approximate surface area is 211 Å². The van der Waals surface area contributed by atoms with Crippen LogP contribution < -0.4 is 10.2 Å². The van der Waals surface area contributed by atoms with E-state index in [-0.39, 0.29) is 24.0 Å². The number of aliphatic hydroxyl groups excluding tert-OH is 1. The molecule has 1 saturated carbocycles. The predicted octanol–water partition coefficient (Wildman–Crippen LogP) is 2.86. The Bertz CT molecular complexity index is 1190. The fourth-order valence-electron chi connectivity index (χ4n) is 5.84. The molecule has 1 unspecified atom stereocenters. The molecule has 36 heavy (non-hydrogen) atoms. The van der Waals surface area contributed by atoms with E-state index in [0.29, 0.717) is 0 Å². The number of benzene rings is 1. The predicted molar refractivity (Wildman–Crippen MR) is 139 cm³/mol. The number of amides is 1. The monoisotopic (exact) mass is 489 g/mol. The molecule has 1 amide bonds. The van der Waals surface area contributed by atoms with Crippen LogP contribution in [0.2, 0.25) is 0 Å². The average molecular weight is 490 g/mol. The number of anilines is 1. The number of nitrogens with one attached hydrogen (secondary N) is 1. The maximum absolute atomic E-state index is 13.0. The van der Waals surface area contributed by atoms with E-state index in [1.165, 1.54) is 5.56 Å². The minimum Gasteiger partial charge on any atom is -0.393 e. The average Bonchev–Trinajstić information content (AvgIpc) is 3.38. The number of morpholine rings is 1. The molecule has 0 bridgehead atoms. The highest BCUT2D eigenvalue weighted by molar-refractivity contribution is 5.81. The summed E-state index contributed by atoms with van der Waals surface area (Å²) in [5.41, 5.74) is 5.73. The summed E-state index contributed by atoms with van der Waals surface area (Å²) in [6.07, 6.45) is 6.94. The molecule has 8 heteroatoms. The van der Waals surface area contributed by atoms with Crippen LogP contribution in [-0.2, 0) is 9.53 Å². The molecule has 3 fully saturated rings. The highest BCUT2D eigenvalue weighted by Crippen LogP contribution is 2.31. The zero-order valence-corrected chi connectivity index (χ0v) is 20.7. The zero-order valence-electron chi connectivity index (χ0n) is 20.7. The zero-order chi connectivity index (χ0) is 24.5. The van der Waals surface area contributed by atoms with Crippen LogP contribution in [0.3, 0.4) is 0 Å². The second-order valence-electron chi connectivity index (χ2n) is 10.3. The molecule has 6 rings (SSSR count). The standard InChI is InChI=1S/C28H35N5O3/c34-24-7-5-22(6-8-24)28(35)32-14-12-31(13-15-32)25-9-10-30-33-19-23(17-26(25)33)20-1-3-21(4-2-20)27-18-29-11-16-36-27/h1-4,9-10,17,19,22,24,27,29,34H,5-8,11-16,18H2/t22-,24-,27?. The van der Waals surface area contributed by atoms with Crippen LogP contribution >= 0.6 is 0 Å². The SMILES string of the molecule is O=C([C@H]1CC[C@H](O)CC1)N1CCN(c2ccnn3cc(-c4ccc(C5CNCCO5)cc4)cc23)CC1. The number of aliphatic hydroxyl groups is 1. The van der Waals surface area contributed by atoms with Crippen molar-refractivity contribution >= 4 is 17.1 Å². The van der Waals surface area contributed by atoms with E-state index in [2.05, 4.69) is 57.9 Å². The van der Waals surface area contributed by atoms with E-state index in [1.807, 2.05) is 15.6 Å². The lowest BCUT2D eigenvalue weighted by atomic mass is 9.86. The van der Waals surface area contributed by atoms with Gasteiger partial charge in [0.2, 0.25) is 5.91 Å². The van der Waals surface area contributed by atoms with E-state index in [9.17, 15) is 9.90 Å². The summed E-state index contributed by atoms with van der Waals surface area (Å²) in [6.45, 7) is 5.61. The summed E-state index contributed by atoms with van der Waals surface area (Å²) in [7, 11) is 0. The maximum atomic E-state index is 13.0. The molecule has 4 heterocycles. The van der Waals surface area contributed by atoms with Gasteiger partial charge in [-0.25, -0.2) is 4.52 Å². The number of carbonyl (C=O) groups is 1. The lowest BCUT2D eigenvalue weighted by Crippen LogP contribution is -2.51. The molecule has 1 aliphatic carbocycles. The quantitative estimate of drug-likeness (QED) is 0.587. The summed E-state index contributed by atoms with van der Waals surface area (Å²) >= 11 is 0. The normalized spacial score (nSPS) is 25.3. The van der Waals surface area contributed by atoms with Crippen LogP contribution in [-0.4, -0.2) is 77.5 Å². The van der Waals surface area contributed by atoms with Crippen LogP contribution in [0, 0.1) is 5.92 Å². The van der Waals surface area contributed by atoms with Crippen LogP contribution in [0.15, 0.2) is 48.8 Å². The second kappa shape index (κ2) is 10.2. The first-order valence-corrected chi connectivity index (χ1v) is 13.3. The molecular formula is C28H35N5O3. The van der Waals surface area contributed by atoms with Gasteiger partial charge >= 0.3 is 0 Å². The van der Waals surface area contributed by atoms with Gasteiger partial charge in [-0.05, 0) is 48.9 Å². The number of hydrogen-bond acceptors (Lipinski definition) is 6. The summed E-state index contributed by atoms with van der Waals surface area (Å²) in [4.78, 5) is 17.4. The summed E-state index contributed by atoms with van der Waals surface area (Å²) in [5.74, 6) is 0.345. The molecule has 190 valence electrons. The summed E-state index contributed by atoms with van der Waals surface area (Å²) < 4.78 is 7.84. The van der Waals surface area contributed by atoms with Gasteiger partial charge in [0.05, 0.1) is 30.0 Å². The third-order valence-corrected chi connectivity index (χ3v) is 8.01. The minimum absolute atomic E-state index is 0.0769. The number of ether oxygens (including phenoxy) is 1. The first-order chi connectivity index (χ1) is 17.7. The fraction of sp³-hybridized carbons (Fsp3) is 0.500. The molecule has 2 saturated heterocycles. The Kier molecular flexibility index (Phi) is 6.65. The van der Waals surface area contributed by atoms with Crippen molar-refractivity contribution in [3.05, 3.63) is 54.4 Å². The molecule has 8 nitrogen and oxygen atoms in total. The number of fused-ring (bicyclic) bond motifs is 1. The van der Waals surface area contributed by atoms with Crippen molar-refractivity contribution in [3.8, 4) is 11.1 Å². The highest BCUT2D eigenvalue weighted by atomic mass is 16.5. The lowest BCUT2D eigenvalue weighted by Gasteiger charge is -2.38. The third-order valence-electron chi connectivity index (χ3n) is 8.01. The van der Waals surface area contributed by atoms with E-state index in [0.717, 1.165) is 93.9 Å². The van der Waals surface area contributed by atoms with Gasteiger partial charge in [-0.3, -0.25) is 4.79 Å². The van der Waals surface area contributed by atoms with Crippen molar-refractivity contribution in [3.63, 3.8) is 0 Å². The van der Waals surface area contributed by atoms with Crippen molar-refractivity contribution in [1.29, 1.82) is 0 Å². The molecule has 3 aromatic rings. The third kappa shape index (κ3) is 4.73. The van der Waals surface area contributed by atoms with Gasteiger partial charge in [0.1, 0.15) is 0 Å². The molecular weight excluding hydrogens is 454 g/mol. The van der Waals surface area contributed by atoms with Gasteiger partial charge in [0.15, 0.2) is 0 Å². The van der Waals surface area contributed by atoms with Gasteiger partial charge in [-0.15, -0.1) is 0 Å². The van der Waals surface area contributed by atoms with E-state index in [1.54, 1.807) is 0 Å².